The summed E-state index contributed by atoms with van der Waals surface area (Å²) >= 11 is 1.95. The van der Waals surface area contributed by atoms with Crippen LogP contribution in [0, 0.1) is 0 Å². The van der Waals surface area contributed by atoms with Crippen LogP contribution in [0.25, 0.3) is 37.9 Å². The molecule has 8 rings (SSSR count). The van der Waals surface area contributed by atoms with Gasteiger partial charge < -0.3 is 4.57 Å². The Hall–Kier alpha value is -4.96. The number of benzene rings is 6. The van der Waals surface area contributed by atoms with Gasteiger partial charge in [0.2, 0.25) is 0 Å². The lowest BCUT2D eigenvalue weighted by molar-refractivity contribution is 1.18. The largest absolute Gasteiger partial charge is 0.309 e. The van der Waals surface area contributed by atoms with Gasteiger partial charge in [0.25, 0.3) is 0 Å². The van der Waals surface area contributed by atoms with Crippen LogP contribution < -0.4 is 20.1 Å². The van der Waals surface area contributed by atoms with Crippen molar-refractivity contribution >= 4 is 61.3 Å². The fraction of sp³-hybridized carbons (Fsp3) is 0. The fourth-order valence-corrected chi connectivity index (χ4v) is 13.7. The van der Waals surface area contributed by atoms with Crippen molar-refractivity contribution in [2.45, 2.75) is 0 Å². The van der Waals surface area contributed by atoms with E-state index in [1.807, 2.05) is 11.3 Å². The van der Waals surface area contributed by atoms with Gasteiger partial charge in [0.1, 0.15) is 0 Å². The molecule has 2 heterocycles. The summed E-state index contributed by atoms with van der Waals surface area (Å²) in [6.07, 6.45) is 0. The molecule has 1 nitrogen and oxygen atoms in total. The number of rotatable bonds is 6. The second kappa shape index (κ2) is 10.7. The molecule has 0 aliphatic carbocycles. The van der Waals surface area contributed by atoms with E-state index >= 15 is 0 Å². The first-order chi connectivity index (χ1) is 21.3. The zero-order chi connectivity index (χ0) is 28.6. The lowest BCUT2D eigenvalue weighted by Gasteiger charge is -2.33. The maximum Gasteiger partial charge on any atom is 0.191 e. The molecule has 0 spiro atoms. The van der Waals surface area contributed by atoms with Crippen molar-refractivity contribution in [1.29, 1.82) is 0 Å². The summed E-state index contributed by atoms with van der Waals surface area (Å²) in [4.78, 5) is 1.31. The molecule has 43 heavy (non-hydrogen) atoms. The summed E-state index contributed by atoms with van der Waals surface area (Å²) in [6, 6.07) is 64.8. The molecule has 0 aliphatic heterocycles. The molecule has 0 N–H and O–H groups in total. The summed E-state index contributed by atoms with van der Waals surface area (Å²) in [5.74, 6) is 0. The number of nitrogens with zero attached hydrogens (tertiary/aromatic N) is 1. The predicted octanol–water partition coefficient (Wildman–Crippen LogP) is 7.89. The van der Waals surface area contributed by atoms with E-state index in [1.54, 1.807) is 0 Å². The number of fused-ring (bicyclic) bond motifs is 3. The fourth-order valence-electron chi connectivity index (χ4n) is 6.66. The Labute approximate surface area is 257 Å². The van der Waals surface area contributed by atoms with Crippen LogP contribution in [-0.4, -0.2) is 12.6 Å². The van der Waals surface area contributed by atoms with Crippen molar-refractivity contribution in [2.75, 3.05) is 0 Å². The van der Waals surface area contributed by atoms with Gasteiger partial charge in [-0.1, -0.05) is 146 Å². The molecule has 8 aromatic rings. The van der Waals surface area contributed by atoms with Gasteiger partial charge in [0, 0.05) is 25.8 Å². The zero-order valence-corrected chi connectivity index (χ0v) is 25.4. The third-order valence-electron chi connectivity index (χ3n) is 8.57. The highest BCUT2D eigenvalue weighted by molar-refractivity contribution is 7.37. The van der Waals surface area contributed by atoms with Crippen LogP contribution in [0.2, 0.25) is 0 Å². The molecule has 204 valence electrons. The average Bonchev–Trinajstić information content (AvgIpc) is 3.71. The predicted molar refractivity (Wildman–Crippen MR) is 188 cm³/mol. The Morgan fingerprint density at radius 3 is 1.65 bits per heavy atom. The first kappa shape index (κ1) is 25.7. The monoisotopic (exact) mass is 583 g/mol. The SMILES string of the molecule is c1ccc(-c2ccc([Si](c3ccccc3)(c3ccccc3)c3ccc4c(c3)c3ccccc3n4-c3ccccc3)s2)cc1. The summed E-state index contributed by atoms with van der Waals surface area (Å²) in [6.45, 7) is 0. The zero-order valence-electron chi connectivity index (χ0n) is 23.6. The average molecular weight is 584 g/mol. The van der Waals surface area contributed by atoms with E-state index in [0.717, 1.165) is 0 Å². The molecule has 0 radical (unpaired) electrons. The van der Waals surface area contributed by atoms with E-state index < -0.39 is 8.07 Å². The molecule has 0 saturated heterocycles. The summed E-state index contributed by atoms with van der Waals surface area (Å²) in [5, 5.41) is 6.77. The number of hydrogen-bond donors (Lipinski definition) is 0. The van der Waals surface area contributed by atoms with Crippen molar-refractivity contribution in [2.24, 2.45) is 0 Å². The van der Waals surface area contributed by atoms with E-state index in [2.05, 4.69) is 180 Å². The molecular weight excluding hydrogens is 555 g/mol. The van der Waals surface area contributed by atoms with Crippen LogP contribution in [0.15, 0.2) is 176 Å². The lowest BCUT2D eigenvalue weighted by atomic mass is 10.1. The van der Waals surface area contributed by atoms with E-state index in [0.29, 0.717) is 0 Å². The maximum absolute atomic E-state index is 2.68. The topological polar surface area (TPSA) is 4.93 Å². The van der Waals surface area contributed by atoms with Gasteiger partial charge >= 0.3 is 0 Å². The van der Waals surface area contributed by atoms with Gasteiger partial charge in [-0.05, 0) is 51.5 Å². The maximum atomic E-state index is 2.51. The normalized spacial score (nSPS) is 11.7. The number of thiophene rings is 1. The Kier molecular flexibility index (Phi) is 6.40. The molecule has 0 amide bonds. The van der Waals surface area contributed by atoms with Gasteiger partial charge in [0.15, 0.2) is 8.07 Å². The van der Waals surface area contributed by atoms with Gasteiger partial charge in [-0.2, -0.15) is 0 Å². The number of hydrogen-bond acceptors (Lipinski definition) is 1. The summed E-state index contributed by atoms with van der Waals surface area (Å²) < 4.78 is 3.84. The Bertz CT molecular complexity index is 2130. The van der Waals surface area contributed by atoms with Gasteiger partial charge in [-0.15, -0.1) is 11.3 Å². The molecular formula is C40H29NSSi. The summed E-state index contributed by atoms with van der Waals surface area (Å²) in [7, 11) is -2.68. The van der Waals surface area contributed by atoms with Crippen LogP contribution in [0.4, 0.5) is 0 Å². The van der Waals surface area contributed by atoms with Gasteiger partial charge in [-0.3, -0.25) is 0 Å². The second-order valence-electron chi connectivity index (χ2n) is 10.9. The molecule has 2 aromatic heterocycles. The van der Waals surface area contributed by atoms with Crippen molar-refractivity contribution in [3.63, 3.8) is 0 Å². The highest BCUT2D eigenvalue weighted by Crippen LogP contribution is 2.32. The summed E-state index contributed by atoms with van der Waals surface area (Å²) in [5.41, 5.74) is 4.91. The van der Waals surface area contributed by atoms with E-state index in [4.69, 9.17) is 0 Å². The van der Waals surface area contributed by atoms with E-state index in [1.165, 1.54) is 58.0 Å². The highest BCUT2D eigenvalue weighted by atomic mass is 32.1. The molecule has 6 aromatic carbocycles. The van der Waals surface area contributed by atoms with Crippen molar-refractivity contribution in [1.82, 2.24) is 4.57 Å². The van der Waals surface area contributed by atoms with Crippen molar-refractivity contribution in [3.05, 3.63) is 176 Å². The standard InChI is InChI=1S/C40H29NSSi/c1-5-15-30(16-6-1)39-27-28-40(42-39)43(32-19-9-3-10-20-32,33-21-11-4-12-22-33)34-25-26-38-36(29-34)35-23-13-14-24-37(35)41(38)31-17-7-2-8-18-31/h1-29H. The minimum absolute atomic E-state index is 1.18. The van der Waals surface area contributed by atoms with Crippen LogP contribution in [0.5, 0.6) is 0 Å². The van der Waals surface area contributed by atoms with Crippen molar-refractivity contribution < 1.29 is 0 Å². The molecule has 0 bridgehead atoms. The van der Waals surface area contributed by atoms with E-state index in [-0.39, 0.29) is 0 Å². The van der Waals surface area contributed by atoms with Gasteiger partial charge in [-0.25, -0.2) is 0 Å². The smallest absolute Gasteiger partial charge is 0.191 e. The number of aromatic nitrogens is 1. The van der Waals surface area contributed by atoms with Gasteiger partial charge in [0.05, 0.1) is 11.0 Å². The van der Waals surface area contributed by atoms with E-state index in [9.17, 15) is 0 Å². The number of para-hydroxylation sites is 2. The minimum atomic E-state index is -2.68. The molecule has 0 fully saturated rings. The lowest BCUT2D eigenvalue weighted by Crippen LogP contribution is -2.74. The van der Waals surface area contributed by atoms with Crippen LogP contribution in [0.1, 0.15) is 0 Å². The van der Waals surface area contributed by atoms with Crippen LogP contribution in [0.3, 0.4) is 0 Å². The first-order valence-corrected chi connectivity index (χ1v) is 17.5. The third-order valence-corrected chi connectivity index (χ3v) is 15.2. The minimum Gasteiger partial charge on any atom is -0.309 e. The Balaban J connectivity index is 1.46. The van der Waals surface area contributed by atoms with Crippen LogP contribution in [-0.2, 0) is 0 Å². The molecule has 3 heteroatoms. The third kappa shape index (κ3) is 4.20. The molecule has 0 aliphatic rings. The Morgan fingerprint density at radius 2 is 0.977 bits per heavy atom. The Morgan fingerprint density at radius 1 is 0.419 bits per heavy atom. The van der Waals surface area contributed by atoms with Crippen LogP contribution >= 0.6 is 11.3 Å². The molecule has 0 unspecified atom stereocenters. The van der Waals surface area contributed by atoms with Crippen molar-refractivity contribution in [3.8, 4) is 16.1 Å². The second-order valence-corrected chi connectivity index (χ2v) is 16.1. The molecule has 0 atom stereocenters. The highest BCUT2D eigenvalue weighted by Gasteiger charge is 2.43. The first-order valence-electron chi connectivity index (χ1n) is 14.7. The molecule has 0 saturated carbocycles. The quantitative estimate of drug-likeness (QED) is 0.139.